The maximum atomic E-state index is 13.8. The number of para-hydroxylation sites is 1. The smallest absolute Gasteiger partial charge is 0.132 e. The minimum atomic E-state index is -0.242. The van der Waals surface area contributed by atoms with E-state index in [-0.39, 0.29) is 5.82 Å². The number of hydrogen-bond acceptors (Lipinski definition) is 3. The summed E-state index contributed by atoms with van der Waals surface area (Å²) in [6.07, 6.45) is 0. The quantitative estimate of drug-likeness (QED) is 0.683. The first kappa shape index (κ1) is 17.6. The average molecular weight is 364 g/mol. The first-order chi connectivity index (χ1) is 13.1. The topological polar surface area (TPSA) is 24.3 Å². The van der Waals surface area contributed by atoms with Crippen LogP contribution in [0, 0.1) is 5.82 Å². The van der Waals surface area contributed by atoms with E-state index in [1.165, 1.54) is 11.8 Å². The predicted octanol–water partition coefficient (Wildman–Crippen LogP) is 4.46. The van der Waals surface area contributed by atoms with Gasteiger partial charge < -0.3 is 9.80 Å². The molecule has 3 aromatic rings. The Morgan fingerprint density at radius 1 is 0.815 bits per heavy atom. The van der Waals surface area contributed by atoms with Crippen molar-refractivity contribution in [1.82, 2.24) is 9.78 Å². The van der Waals surface area contributed by atoms with Crippen LogP contribution in [0.4, 0.5) is 15.9 Å². The molecule has 2 heterocycles. The van der Waals surface area contributed by atoms with Crippen LogP contribution in [-0.4, -0.2) is 36.0 Å². The van der Waals surface area contributed by atoms with E-state index in [4.69, 9.17) is 5.10 Å². The van der Waals surface area contributed by atoms with Crippen LogP contribution < -0.4 is 9.80 Å². The third-order valence-corrected chi connectivity index (χ3v) is 5.08. The molecule has 0 atom stereocenters. The van der Waals surface area contributed by atoms with E-state index in [2.05, 4.69) is 54.0 Å². The summed E-state index contributed by atoms with van der Waals surface area (Å²) < 4.78 is 15.7. The lowest BCUT2D eigenvalue weighted by atomic mass is 10.1. The van der Waals surface area contributed by atoms with Crippen molar-refractivity contribution in [3.63, 3.8) is 0 Å². The molecule has 0 spiro atoms. The molecule has 0 unspecified atom stereocenters. The number of nitrogens with zero attached hydrogens (tertiary/aromatic N) is 4. The van der Waals surface area contributed by atoms with Gasteiger partial charge in [0.1, 0.15) is 11.6 Å². The fourth-order valence-corrected chi connectivity index (χ4v) is 3.53. The van der Waals surface area contributed by atoms with Gasteiger partial charge in [-0.1, -0.05) is 38.1 Å². The normalized spacial score (nSPS) is 14.8. The highest BCUT2D eigenvalue weighted by Crippen LogP contribution is 2.27. The van der Waals surface area contributed by atoms with E-state index in [0.717, 1.165) is 43.4 Å². The predicted molar refractivity (Wildman–Crippen MR) is 108 cm³/mol. The van der Waals surface area contributed by atoms with Gasteiger partial charge in [0.2, 0.25) is 0 Å². The molecule has 27 heavy (non-hydrogen) atoms. The van der Waals surface area contributed by atoms with Gasteiger partial charge in [0.25, 0.3) is 0 Å². The van der Waals surface area contributed by atoms with Crippen molar-refractivity contribution in [2.75, 3.05) is 36.0 Å². The number of rotatable bonds is 4. The molecule has 0 saturated carbocycles. The molecule has 0 radical (unpaired) electrons. The zero-order valence-corrected chi connectivity index (χ0v) is 15.8. The SMILES string of the molecule is CC(C)c1cc(N2CCN(c3ccccc3)CC2)n(-c2cccc(F)c2)n1. The summed E-state index contributed by atoms with van der Waals surface area (Å²) in [6.45, 7) is 8.00. The molecule has 2 aromatic carbocycles. The Morgan fingerprint density at radius 3 is 2.15 bits per heavy atom. The van der Waals surface area contributed by atoms with Crippen LogP contribution in [0.3, 0.4) is 0 Å². The number of halogens is 1. The van der Waals surface area contributed by atoms with Gasteiger partial charge in [0.05, 0.1) is 11.4 Å². The van der Waals surface area contributed by atoms with E-state index in [1.54, 1.807) is 12.1 Å². The number of piperazine rings is 1. The molecule has 0 aliphatic carbocycles. The fraction of sp³-hybridized carbons (Fsp3) is 0.318. The van der Waals surface area contributed by atoms with Crippen molar-refractivity contribution in [2.45, 2.75) is 19.8 Å². The molecule has 0 N–H and O–H groups in total. The molecule has 1 aliphatic heterocycles. The van der Waals surface area contributed by atoms with Crippen molar-refractivity contribution in [3.05, 3.63) is 72.2 Å². The Labute approximate surface area is 159 Å². The second-order valence-corrected chi connectivity index (χ2v) is 7.28. The molecule has 1 fully saturated rings. The van der Waals surface area contributed by atoms with Crippen molar-refractivity contribution >= 4 is 11.5 Å². The Bertz CT molecular complexity index is 896. The molecule has 0 bridgehead atoms. The van der Waals surface area contributed by atoms with Gasteiger partial charge in [-0.3, -0.25) is 0 Å². The molecular formula is C22H25FN4. The van der Waals surface area contributed by atoms with Crippen LogP contribution >= 0.6 is 0 Å². The fourth-order valence-electron chi connectivity index (χ4n) is 3.53. The first-order valence-corrected chi connectivity index (χ1v) is 9.52. The second-order valence-electron chi connectivity index (χ2n) is 7.28. The van der Waals surface area contributed by atoms with Crippen molar-refractivity contribution in [2.24, 2.45) is 0 Å². The largest absolute Gasteiger partial charge is 0.368 e. The van der Waals surface area contributed by atoms with Gasteiger partial charge >= 0.3 is 0 Å². The summed E-state index contributed by atoms with van der Waals surface area (Å²) in [5, 5.41) is 4.77. The highest BCUT2D eigenvalue weighted by Gasteiger charge is 2.22. The van der Waals surface area contributed by atoms with Gasteiger partial charge in [-0.15, -0.1) is 0 Å². The van der Waals surface area contributed by atoms with E-state index >= 15 is 0 Å². The van der Waals surface area contributed by atoms with Crippen LogP contribution in [0.1, 0.15) is 25.5 Å². The van der Waals surface area contributed by atoms with Crippen LogP contribution in [0.5, 0.6) is 0 Å². The molecule has 140 valence electrons. The number of anilines is 2. The van der Waals surface area contributed by atoms with E-state index in [9.17, 15) is 4.39 Å². The van der Waals surface area contributed by atoms with Gasteiger partial charge in [-0.05, 0) is 36.2 Å². The number of aromatic nitrogens is 2. The molecule has 4 rings (SSSR count). The van der Waals surface area contributed by atoms with Crippen LogP contribution in [0.2, 0.25) is 0 Å². The molecule has 4 nitrogen and oxygen atoms in total. The summed E-state index contributed by atoms with van der Waals surface area (Å²) in [7, 11) is 0. The van der Waals surface area contributed by atoms with Crippen LogP contribution in [0.25, 0.3) is 5.69 Å². The average Bonchev–Trinajstić information content (AvgIpc) is 3.15. The zero-order valence-electron chi connectivity index (χ0n) is 15.8. The van der Waals surface area contributed by atoms with Gasteiger partial charge in [-0.2, -0.15) is 5.10 Å². The van der Waals surface area contributed by atoms with E-state index in [0.29, 0.717) is 5.92 Å². The summed E-state index contributed by atoms with van der Waals surface area (Å²) in [5.41, 5.74) is 3.06. The lowest BCUT2D eigenvalue weighted by Crippen LogP contribution is -2.47. The standard InChI is InChI=1S/C22H25FN4/c1-17(2)21-16-22(27(24-21)20-10-6-7-18(23)15-20)26-13-11-25(12-14-26)19-8-4-3-5-9-19/h3-10,15-17H,11-14H2,1-2H3. The minimum Gasteiger partial charge on any atom is -0.368 e. The zero-order chi connectivity index (χ0) is 18.8. The van der Waals surface area contributed by atoms with Crippen molar-refractivity contribution < 1.29 is 4.39 Å². The van der Waals surface area contributed by atoms with E-state index < -0.39 is 0 Å². The lowest BCUT2D eigenvalue weighted by molar-refractivity contribution is 0.621. The third-order valence-electron chi connectivity index (χ3n) is 5.08. The number of benzene rings is 2. The Balaban J connectivity index is 1.60. The van der Waals surface area contributed by atoms with Crippen molar-refractivity contribution in [3.8, 4) is 5.69 Å². The highest BCUT2D eigenvalue weighted by molar-refractivity contribution is 5.52. The highest BCUT2D eigenvalue weighted by atomic mass is 19.1. The van der Waals surface area contributed by atoms with Gasteiger partial charge in [0.15, 0.2) is 0 Å². The summed E-state index contributed by atoms with van der Waals surface area (Å²) in [5.74, 6) is 1.12. The maximum Gasteiger partial charge on any atom is 0.132 e. The number of hydrogen-bond donors (Lipinski definition) is 0. The molecule has 1 aliphatic rings. The minimum absolute atomic E-state index is 0.242. The molecule has 1 saturated heterocycles. The van der Waals surface area contributed by atoms with Crippen molar-refractivity contribution in [1.29, 1.82) is 0 Å². The maximum absolute atomic E-state index is 13.8. The Kier molecular flexibility index (Phi) is 4.84. The monoisotopic (exact) mass is 364 g/mol. The van der Waals surface area contributed by atoms with E-state index in [1.807, 2.05) is 16.8 Å². The molecule has 1 aromatic heterocycles. The molecule has 5 heteroatoms. The van der Waals surface area contributed by atoms with Gasteiger partial charge in [0, 0.05) is 37.9 Å². The van der Waals surface area contributed by atoms with Gasteiger partial charge in [-0.25, -0.2) is 9.07 Å². The second kappa shape index (κ2) is 7.43. The Morgan fingerprint density at radius 2 is 1.48 bits per heavy atom. The van der Waals surface area contributed by atoms with Crippen LogP contribution in [0.15, 0.2) is 60.7 Å². The summed E-state index contributed by atoms with van der Waals surface area (Å²) in [4.78, 5) is 4.76. The molecular weight excluding hydrogens is 339 g/mol. The third kappa shape index (κ3) is 3.68. The van der Waals surface area contributed by atoms with Crippen LogP contribution in [-0.2, 0) is 0 Å². The lowest BCUT2D eigenvalue weighted by Gasteiger charge is -2.37. The first-order valence-electron chi connectivity index (χ1n) is 9.52. The summed E-state index contributed by atoms with van der Waals surface area (Å²) >= 11 is 0. The summed E-state index contributed by atoms with van der Waals surface area (Å²) in [6, 6.07) is 19.3. The molecule has 0 amide bonds. The Hall–Kier alpha value is -2.82.